The Bertz CT molecular complexity index is 223. The summed E-state index contributed by atoms with van der Waals surface area (Å²) in [6.07, 6.45) is 14.0. The van der Waals surface area contributed by atoms with Gasteiger partial charge >= 0.3 is 5.97 Å². The van der Waals surface area contributed by atoms with Crippen LogP contribution in [-0.2, 0) is 9.53 Å². The summed E-state index contributed by atoms with van der Waals surface area (Å²) < 4.78 is 5.10. The SMILES string of the molecule is C=CC(=O)OCCC(CCCCC)CCCCCC. The van der Waals surface area contributed by atoms with Gasteiger partial charge in [-0.2, -0.15) is 0 Å². The van der Waals surface area contributed by atoms with Gasteiger partial charge in [0, 0.05) is 6.08 Å². The summed E-state index contributed by atoms with van der Waals surface area (Å²) in [7, 11) is 0. The summed E-state index contributed by atoms with van der Waals surface area (Å²) >= 11 is 0. The highest BCUT2D eigenvalue weighted by Crippen LogP contribution is 2.21. The molecular formula is C17H32O2. The largest absolute Gasteiger partial charge is 0.463 e. The molecule has 1 atom stereocenters. The molecule has 0 bridgehead atoms. The number of carbonyl (C=O) groups excluding carboxylic acids is 1. The van der Waals surface area contributed by atoms with E-state index in [9.17, 15) is 4.79 Å². The molecule has 19 heavy (non-hydrogen) atoms. The van der Waals surface area contributed by atoms with Crippen molar-refractivity contribution in [2.24, 2.45) is 5.92 Å². The van der Waals surface area contributed by atoms with Crippen molar-refractivity contribution >= 4 is 5.97 Å². The van der Waals surface area contributed by atoms with Gasteiger partial charge in [0.15, 0.2) is 0 Å². The van der Waals surface area contributed by atoms with E-state index in [1.165, 1.54) is 63.9 Å². The summed E-state index contributed by atoms with van der Waals surface area (Å²) in [6, 6.07) is 0. The highest BCUT2D eigenvalue weighted by atomic mass is 16.5. The van der Waals surface area contributed by atoms with Crippen LogP contribution in [0.25, 0.3) is 0 Å². The number of unbranched alkanes of at least 4 members (excludes halogenated alkanes) is 5. The van der Waals surface area contributed by atoms with Crippen molar-refractivity contribution in [2.45, 2.75) is 78.1 Å². The third-order valence-corrected chi connectivity index (χ3v) is 3.62. The van der Waals surface area contributed by atoms with E-state index in [2.05, 4.69) is 20.4 Å². The van der Waals surface area contributed by atoms with Gasteiger partial charge in [0.25, 0.3) is 0 Å². The van der Waals surface area contributed by atoms with Gasteiger partial charge in [-0.05, 0) is 12.3 Å². The lowest BCUT2D eigenvalue weighted by Crippen LogP contribution is -2.09. The highest BCUT2D eigenvalue weighted by molar-refractivity contribution is 5.81. The maximum Gasteiger partial charge on any atom is 0.330 e. The fourth-order valence-corrected chi connectivity index (χ4v) is 2.36. The number of hydrogen-bond donors (Lipinski definition) is 0. The fourth-order valence-electron chi connectivity index (χ4n) is 2.36. The van der Waals surface area contributed by atoms with Crippen molar-refractivity contribution in [3.8, 4) is 0 Å². The van der Waals surface area contributed by atoms with Gasteiger partial charge in [0.1, 0.15) is 0 Å². The predicted octanol–water partition coefficient (Wildman–Crippen LogP) is 5.27. The van der Waals surface area contributed by atoms with Crippen LogP contribution in [-0.4, -0.2) is 12.6 Å². The number of esters is 1. The first-order chi connectivity index (χ1) is 9.24. The highest BCUT2D eigenvalue weighted by Gasteiger charge is 2.09. The molecule has 1 unspecified atom stereocenters. The lowest BCUT2D eigenvalue weighted by atomic mass is 9.92. The summed E-state index contributed by atoms with van der Waals surface area (Å²) in [5.74, 6) is 0.430. The molecule has 0 amide bonds. The molecule has 2 nitrogen and oxygen atoms in total. The Morgan fingerprint density at radius 3 is 2.16 bits per heavy atom. The molecule has 0 N–H and O–H groups in total. The second kappa shape index (κ2) is 13.6. The molecule has 0 aromatic heterocycles. The Morgan fingerprint density at radius 1 is 1.00 bits per heavy atom. The maximum absolute atomic E-state index is 11.0. The molecule has 112 valence electrons. The maximum atomic E-state index is 11.0. The van der Waals surface area contributed by atoms with Crippen LogP contribution in [0.4, 0.5) is 0 Å². The molecule has 0 aliphatic carbocycles. The number of ether oxygens (including phenoxy) is 1. The van der Waals surface area contributed by atoms with Crippen LogP contribution >= 0.6 is 0 Å². The van der Waals surface area contributed by atoms with Crippen molar-refractivity contribution in [1.82, 2.24) is 0 Å². The van der Waals surface area contributed by atoms with Gasteiger partial charge < -0.3 is 4.74 Å². The average Bonchev–Trinajstić information content (AvgIpc) is 2.42. The van der Waals surface area contributed by atoms with E-state index < -0.39 is 0 Å². The third kappa shape index (κ3) is 12.0. The summed E-state index contributed by atoms with van der Waals surface area (Å²) in [5.41, 5.74) is 0. The van der Waals surface area contributed by atoms with Crippen LogP contribution in [0.3, 0.4) is 0 Å². The van der Waals surface area contributed by atoms with Gasteiger partial charge in [-0.1, -0.05) is 78.2 Å². The van der Waals surface area contributed by atoms with Gasteiger partial charge in [-0.25, -0.2) is 4.79 Å². The normalized spacial score (nSPS) is 12.1. The molecule has 0 aliphatic heterocycles. The van der Waals surface area contributed by atoms with Crippen LogP contribution in [0, 0.1) is 5.92 Å². The molecule has 0 rings (SSSR count). The van der Waals surface area contributed by atoms with Gasteiger partial charge in [0.05, 0.1) is 6.61 Å². The Labute approximate surface area is 119 Å². The predicted molar refractivity (Wildman–Crippen MR) is 82.2 cm³/mol. The number of hydrogen-bond acceptors (Lipinski definition) is 2. The van der Waals surface area contributed by atoms with Gasteiger partial charge in [0.2, 0.25) is 0 Å². The molecule has 0 aromatic carbocycles. The number of carbonyl (C=O) groups is 1. The van der Waals surface area contributed by atoms with E-state index in [1.807, 2.05) is 0 Å². The topological polar surface area (TPSA) is 26.3 Å². The van der Waals surface area contributed by atoms with Crippen molar-refractivity contribution in [2.75, 3.05) is 6.61 Å². The van der Waals surface area contributed by atoms with Crippen molar-refractivity contribution in [3.05, 3.63) is 12.7 Å². The quantitative estimate of drug-likeness (QED) is 0.258. The fraction of sp³-hybridized carbons (Fsp3) is 0.824. The van der Waals surface area contributed by atoms with E-state index in [1.54, 1.807) is 0 Å². The minimum Gasteiger partial charge on any atom is -0.463 e. The molecule has 0 fully saturated rings. The minimum absolute atomic E-state index is 0.293. The van der Waals surface area contributed by atoms with Gasteiger partial charge in [-0.3, -0.25) is 0 Å². The van der Waals surface area contributed by atoms with Gasteiger partial charge in [-0.15, -0.1) is 0 Å². The van der Waals surface area contributed by atoms with Crippen LogP contribution in [0.1, 0.15) is 78.1 Å². The molecule has 0 saturated heterocycles. The zero-order valence-electron chi connectivity index (χ0n) is 13.0. The molecule has 0 aliphatic rings. The second-order valence-electron chi connectivity index (χ2n) is 5.37. The Morgan fingerprint density at radius 2 is 1.58 bits per heavy atom. The van der Waals surface area contributed by atoms with Crippen LogP contribution in [0.2, 0.25) is 0 Å². The molecule has 0 saturated carbocycles. The standard InChI is InChI=1S/C17H32O2/c1-4-7-9-11-13-16(12-10-8-5-2)14-15-19-17(18)6-3/h6,16H,3-5,7-15H2,1-2H3. The summed E-state index contributed by atoms with van der Waals surface area (Å²) in [6.45, 7) is 8.45. The lowest BCUT2D eigenvalue weighted by Gasteiger charge is -2.16. The molecule has 0 aromatic rings. The van der Waals surface area contributed by atoms with Crippen molar-refractivity contribution in [3.63, 3.8) is 0 Å². The second-order valence-corrected chi connectivity index (χ2v) is 5.37. The molecule has 2 heteroatoms. The van der Waals surface area contributed by atoms with E-state index >= 15 is 0 Å². The Balaban J connectivity index is 3.81. The van der Waals surface area contributed by atoms with E-state index in [-0.39, 0.29) is 5.97 Å². The molecule has 0 spiro atoms. The summed E-state index contributed by atoms with van der Waals surface area (Å²) in [5, 5.41) is 0. The van der Waals surface area contributed by atoms with E-state index in [0.717, 1.165) is 12.3 Å². The van der Waals surface area contributed by atoms with Crippen LogP contribution < -0.4 is 0 Å². The first-order valence-electron chi connectivity index (χ1n) is 8.03. The zero-order valence-corrected chi connectivity index (χ0v) is 13.0. The third-order valence-electron chi connectivity index (χ3n) is 3.62. The van der Waals surface area contributed by atoms with Crippen LogP contribution in [0.15, 0.2) is 12.7 Å². The zero-order chi connectivity index (χ0) is 14.3. The van der Waals surface area contributed by atoms with Crippen LogP contribution in [0.5, 0.6) is 0 Å². The Kier molecular flexibility index (Phi) is 13.1. The smallest absolute Gasteiger partial charge is 0.330 e. The lowest BCUT2D eigenvalue weighted by molar-refractivity contribution is -0.138. The molecular weight excluding hydrogens is 236 g/mol. The Hall–Kier alpha value is -0.790. The monoisotopic (exact) mass is 268 g/mol. The van der Waals surface area contributed by atoms with E-state index in [4.69, 9.17) is 4.74 Å². The minimum atomic E-state index is -0.293. The number of rotatable bonds is 13. The average molecular weight is 268 g/mol. The van der Waals surface area contributed by atoms with Crippen molar-refractivity contribution < 1.29 is 9.53 Å². The summed E-state index contributed by atoms with van der Waals surface area (Å²) in [4.78, 5) is 11.0. The van der Waals surface area contributed by atoms with E-state index in [0.29, 0.717) is 6.61 Å². The molecule has 0 heterocycles. The first kappa shape index (κ1) is 18.2. The van der Waals surface area contributed by atoms with Crippen molar-refractivity contribution in [1.29, 1.82) is 0 Å². The molecule has 0 radical (unpaired) electrons. The first-order valence-corrected chi connectivity index (χ1v) is 8.03.